The number of carbonyl (C=O) groups excluding carboxylic acids is 1. The minimum Gasteiger partial charge on any atom is -0.320 e. The molecule has 2 aromatic carbocycles. The Morgan fingerprint density at radius 1 is 0.875 bits per heavy atom. The first kappa shape index (κ1) is 22.6. The Kier molecular flexibility index (Phi) is 6.46. The molecule has 0 saturated carbocycles. The largest absolute Gasteiger partial charge is 0.419 e. The Morgan fingerprint density at radius 2 is 1.38 bits per heavy atom. The predicted octanol–water partition coefficient (Wildman–Crippen LogP) is 5.58. The van der Waals surface area contributed by atoms with Gasteiger partial charge in [-0.1, -0.05) is 47.5 Å². The zero-order valence-electron chi connectivity index (χ0n) is 16.8. The molecule has 0 bridgehead atoms. The molecule has 0 spiro atoms. The molecule has 4 rings (SSSR count). The quantitative estimate of drug-likeness (QED) is 0.488. The van der Waals surface area contributed by atoms with Crippen molar-refractivity contribution >= 4 is 29.2 Å². The summed E-state index contributed by atoms with van der Waals surface area (Å²) >= 11 is 12.1. The summed E-state index contributed by atoms with van der Waals surface area (Å²) in [6, 6.07) is 14.5. The normalized spacial score (nSPS) is 15.4. The molecule has 1 saturated heterocycles. The van der Waals surface area contributed by atoms with Crippen LogP contribution in [0, 0.1) is 0 Å². The first-order valence-corrected chi connectivity index (χ1v) is 10.6. The lowest BCUT2D eigenvalue weighted by Crippen LogP contribution is -2.51. The number of hydrogen-bond donors (Lipinski definition) is 0. The molecule has 0 unspecified atom stereocenters. The molecule has 32 heavy (non-hydrogen) atoms. The molecule has 5 nitrogen and oxygen atoms in total. The predicted molar refractivity (Wildman–Crippen MR) is 116 cm³/mol. The van der Waals surface area contributed by atoms with Crippen molar-refractivity contribution in [3.05, 3.63) is 87.7 Å². The van der Waals surface area contributed by atoms with Crippen molar-refractivity contribution in [2.24, 2.45) is 0 Å². The fourth-order valence-electron chi connectivity index (χ4n) is 3.79. The summed E-state index contributed by atoms with van der Waals surface area (Å²) in [4.78, 5) is 16.4. The molecule has 0 aliphatic carbocycles. The zero-order valence-corrected chi connectivity index (χ0v) is 18.3. The van der Waals surface area contributed by atoms with Crippen LogP contribution in [0.25, 0.3) is 0 Å². The maximum Gasteiger partial charge on any atom is 0.419 e. The average molecular weight is 483 g/mol. The van der Waals surface area contributed by atoms with E-state index in [0.29, 0.717) is 42.4 Å². The number of halogens is 5. The van der Waals surface area contributed by atoms with Gasteiger partial charge >= 0.3 is 12.2 Å². The zero-order chi connectivity index (χ0) is 22.9. The van der Waals surface area contributed by atoms with Gasteiger partial charge in [-0.05, 0) is 35.4 Å². The Hall–Kier alpha value is -2.55. The van der Waals surface area contributed by atoms with Crippen LogP contribution < -0.4 is 0 Å². The maximum atomic E-state index is 12.8. The summed E-state index contributed by atoms with van der Waals surface area (Å²) in [5, 5.41) is 4.86. The van der Waals surface area contributed by atoms with Gasteiger partial charge in [0, 0.05) is 42.4 Å². The van der Waals surface area contributed by atoms with Gasteiger partial charge in [-0.25, -0.2) is 4.79 Å². The van der Waals surface area contributed by atoms with Gasteiger partial charge in [0.05, 0.1) is 17.8 Å². The summed E-state index contributed by atoms with van der Waals surface area (Å²) in [5.41, 5.74) is 1.13. The number of nitrogens with zero attached hydrogens (tertiary/aromatic N) is 4. The van der Waals surface area contributed by atoms with Gasteiger partial charge in [-0.15, -0.1) is 0 Å². The first-order valence-electron chi connectivity index (χ1n) is 9.88. The van der Waals surface area contributed by atoms with Crippen LogP contribution in [0.15, 0.2) is 60.9 Å². The van der Waals surface area contributed by atoms with Crippen LogP contribution in [-0.4, -0.2) is 51.8 Å². The van der Waals surface area contributed by atoms with Crippen LogP contribution in [0.2, 0.25) is 10.0 Å². The number of alkyl halides is 3. The Bertz CT molecular complexity index is 1030. The lowest BCUT2D eigenvalue weighted by molar-refractivity contribution is -0.137. The van der Waals surface area contributed by atoms with Crippen molar-refractivity contribution in [1.29, 1.82) is 0 Å². The molecule has 1 aromatic heterocycles. The molecule has 1 fully saturated rings. The van der Waals surface area contributed by atoms with Gasteiger partial charge in [0.2, 0.25) is 0 Å². The number of piperazine rings is 1. The highest BCUT2D eigenvalue weighted by Gasteiger charge is 2.34. The summed E-state index contributed by atoms with van der Waals surface area (Å²) in [6.45, 7) is 1.79. The van der Waals surface area contributed by atoms with Crippen LogP contribution in [0.1, 0.15) is 22.7 Å². The van der Waals surface area contributed by atoms with Crippen LogP contribution in [-0.2, 0) is 6.18 Å². The number of hydrogen-bond acceptors (Lipinski definition) is 3. The number of benzene rings is 2. The molecule has 1 aliphatic rings. The number of amides is 1. The highest BCUT2D eigenvalue weighted by molar-refractivity contribution is 6.30. The van der Waals surface area contributed by atoms with E-state index in [1.807, 2.05) is 48.5 Å². The molecule has 2 heterocycles. The minimum atomic E-state index is -4.54. The smallest absolute Gasteiger partial charge is 0.320 e. The summed E-state index contributed by atoms with van der Waals surface area (Å²) < 4.78 is 39.2. The van der Waals surface area contributed by atoms with Crippen molar-refractivity contribution < 1.29 is 18.0 Å². The Labute approximate surface area is 192 Å². The van der Waals surface area contributed by atoms with Gasteiger partial charge in [-0.3, -0.25) is 4.90 Å². The second-order valence-corrected chi connectivity index (χ2v) is 8.36. The van der Waals surface area contributed by atoms with E-state index in [0.717, 1.165) is 22.0 Å². The summed E-state index contributed by atoms with van der Waals surface area (Å²) in [5.74, 6) is 0. The fourth-order valence-corrected chi connectivity index (χ4v) is 4.05. The third kappa shape index (κ3) is 4.92. The number of aromatic nitrogens is 2. The molecule has 10 heteroatoms. The van der Waals surface area contributed by atoms with Gasteiger partial charge < -0.3 is 4.90 Å². The Morgan fingerprint density at radius 3 is 1.81 bits per heavy atom. The average Bonchev–Trinajstić information content (AvgIpc) is 3.28. The van der Waals surface area contributed by atoms with Crippen LogP contribution in [0.5, 0.6) is 0 Å². The topological polar surface area (TPSA) is 41.4 Å². The molecular weight excluding hydrogens is 464 g/mol. The van der Waals surface area contributed by atoms with E-state index < -0.39 is 17.8 Å². The van der Waals surface area contributed by atoms with Crippen molar-refractivity contribution in [2.45, 2.75) is 12.2 Å². The molecule has 0 atom stereocenters. The lowest BCUT2D eigenvalue weighted by Gasteiger charge is -2.39. The van der Waals surface area contributed by atoms with E-state index in [4.69, 9.17) is 23.2 Å². The summed E-state index contributed by atoms with van der Waals surface area (Å²) in [6.07, 6.45) is -3.16. The highest BCUT2D eigenvalue weighted by Crippen LogP contribution is 2.32. The SMILES string of the molecule is O=C(N1CCN(C(c2ccc(Cl)cc2)c2ccc(Cl)cc2)CC1)n1cc(C(F)(F)F)cn1. The van der Waals surface area contributed by atoms with Crippen LogP contribution in [0.3, 0.4) is 0 Å². The standard InChI is InChI=1S/C22H19Cl2F3N4O/c23-18-5-1-15(2-6-18)20(16-3-7-19(24)8-4-16)29-9-11-30(12-10-29)21(32)31-14-17(13-28-31)22(25,26)27/h1-8,13-14,20H,9-12H2. The number of rotatable bonds is 3. The second kappa shape index (κ2) is 9.13. The highest BCUT2D eigenvalue weighted by atomic mass is 35.5. The van der Waals surface area contributed by atoms with Gasteiger partial charge in [0.1, 0.15) is 0 Å². The summed E-state index contributed by atoms with van der Waals surface area (Å²) in [7, 11) is 0. The van der Waals surface area contributed by atoms with Crippen LogP contribution >= 0.6 is 23.2 Å². The molecule has 3 aromatic rings. The van der Waals surface area contributed by atoms with Gasteiger partial charge in [0.25, 0.3) is 0 Å². The maximum absolute atomic E-state index is 12.8. The lowest BCUT2D eigenvalue weighted by atomic mass is 9.96. The fraction of sp³-hybridized carbons (Fsp3) is 0.273. The van der Waals surface area contributed by atoms with E-state index in [9.17, 15) is 18.0 Å². The first-order chi connectivity index (χ1) is 15.2. The number of carbonyl (C=O) groups is 1. The van der Waals surface area contributed by atoms with E-state index in [2.05, 4.69) is 10.00 Å². The second-order valence-electron chi connectivity index (χ2n) is 7.48. The molecule has 1 aliphatic heterocycles. The van der Waals surface area contributed by atoms with Crippen LogP contribution in [0.4, 0.5) is 18.0 Å². The van der Waals surface area contributed by atoms with E-state index in [1.54, 1.807) is 0 Å². The molecular formula is C22H19Cl2F3N4O. The van der Waals surface area contributed by atoms with Crippen molar-refractivity contribution in [3.8, 4) is 0 Å². The van der Waals surface area contributed by atoms with E-state index in [1.165, 1.54) is 4.90 Å². The van der Waals surface area contributed by atoms with Crippen molar-refractivity contribution in [1.82, 2.24) is 19.6 Å². The van der Waals surface area contributed by atoms with Crippen molar-refractivity contribution in [3.63, 3.8) is 0 Å². The third-order valence-electron chi connectivity index (χ3n) is 5.43. The molecule has 1 amide bonds. The minimum absolute atomic E-state index is 0.0803. The van der Waals surface area contributed by atoms with E-state index >= 15 is 0 Å². The van der Waals surface area contributed by atoms with Gasteiger partial charge in [0.15, 0.2) is 0 Å². The molecule has 0 N–H and O–H groups in total. The Balaban J connectivity index is 1.51. The molecule has 168 valence electrons. The third-order valence-corrected chi connectivity index (χ3v) is 5.93. The van der Waals surface area contributed by atoms with E-state index in [-0.39, 0.29) is 6.04 Å². The van der Waals surface area contributed by atoms with Crippen molar-refractivity contribution in [2.75, 3.05) is 26.2 Å². The van der Waals surface area contributed by atoms with Gasteiger partial charge in [-0.2, -0.15) is 23.0 Å². The monoisotopic (exact) mass is 482 g/mol. The molecule has 0 radical (unpaired) electrons.